The first kappa shape index (κ1) is 14.2. The lowest BCUT2D eigenvalue weighted by Crippen LogP contribution is -2.37. The quantitative estimate of drug-likeness (QED) is 0.754. The molecule has 1 unspecified atom stereocenters. The summed E-state index contributed by atoms with van der Waals surface area (Å²) in [6.07, 6.45) is 1.58. The molecule has 0 radical (unpaired) electrons. The van der Waals surface area contributed by atoms with Crippen LogP contribution in [0.1, 0.15) is 25.1 Å². The molecule has 0 aliphatic heterocycles. The van der Waals surface area contributed by atoms with E-state index < -0.39 is 5.97 Å². The molecule has 1 rings (SSSR count). The normalized spacial score (nSPS) is 12.4. The van der Waals surface area contributed by atoms with Crippen molar-refractivity contribution in [3.63, 3.8) is 0 Å². The maximum atomic E-state index is 11.7. The lowest BCUT2D eigenvalue weighted by molar-refractivity contribution is -0.137. The minimum absolute atomic E-state index is 0.0253. The molecule has 1 heterocycles. The summed E-state index contributed by atoms with van der Waals surface area (Å²) >= 11 is 0. The van der Waals surface area contributed by atoms with Crippen molar-refractivity contribution in [2.45, 2.75) is 19.4 Å². The number of hydrogen-bond acceptors (Lipinski definition) is 4. The highest BCUT2D eigenvalue weighted by Crippen LogP contribution is 2.11. The van der Waals surface area contributed by atoms with Crippen LogP contribution in [0, 0.1) is 0 Å². The van der Waals surface area contributed by atoms with Gasteiger partial charge in [-0.2, -0.15) is 0 Å². The van der Waals surface area contributed by atoms with Gasteiger partial charge in [-0.3, -0.25) is 14.5 Å². The Kier molecular flexibility index (Phi) is 5.38. The molecule has 0 aromatic carbocycles. The molecule has 0 aliphatic rings. The van der Waals surface area contributed by atoms with E-state index in [2.05, 4.69) is 5.32 Å². The molecule has 0 spiro atoms. The third-order valence-electron chi connectivity index (χ3n) is 2.47. The number of nitrogens with zero attached hydrogens (tertiary/aromatic N) is 1. The first-order valence-electron chi connectivity index (χ1n) is 5.72. The van der Waals surface area contributed by atoms with Gasteiger partial charge in [-0.15, -0.1) is 0 Å². The van der Waals surface area contributed by atoms with Gasteiger partial charge in [-0.05, 0) is 26.1 Å². The van der Waals surface area contributed by atoms with Crippen molar-refractivity contribution >= 4 is 11.9 Å². The second kappa shape index (κ2) is 6.80. The monoisotopic (exact) mass is 254 g/mol. The molecule has 0 saturated carbocycles. The van der Waals surface area contributed by atoms with Crippen LogP contribution < -0.4 is 5.32 Å². The molecule has 6 nitrogen and oxygen atoms in total. The van der Waals surface area contributed by atoms with Gasteiger partial charge in [0, 0.05) is 6.54 Å². The van der Waals surface area contributed by atoms with Crippen LogP contribution in [-0.4, -0.2) is 42.0 Å². The lowest BCUT2D eigenvalue weighted by atomic mass is 10.2. The maximum absolute atomic E-state index is 11.7. The number of carboxylic acids is 1. The molecule has 1 atom stereocenters. The highest BCUT2D eigenvalue weighted by molar-refractivity contribution is 5.78. The molecular formula is C12H18N2O4. The Labute approximate surface area is 106 Å². The average Bonchev–Trinajstić information content (AvgIpc) is 2.79. The summed E-state index contributed by atoms with van der Waals surface area (Å²) in [6, 6.07) is 3.36. The molecule has 6 heteroatoms. The number of rotatable bonds is 7. The maximum Gasteiger partial charge on any atom is 0.304 e. The zero-order valence-corrected chi connectivity index (χ0v) is 10.5. The Bertz CT molecular complexity index is 389. The molecule has 0 bridgehead atoms. The third kappa shape index (κ3) is 5.01. The zero-order valence-electron chi connectivity index (χ0n) is 10.5. The Morgan fingerprint density at radius 2 is 2.28 bits per heavy atom. The summed E-state index contributed by atoms with van der Waals surface area (Å²) in [7, 11) is 1.71. The number of carbonyl (C=O) groups excluding carboxylic acids is 1. The highest BCUT2D eigenvalue weighted by atomic mass is 16.4. The van der Waals surface area contributed by atoms with Crippen molar-refractivity contribution < 1.29 is 19.1 Å². The number of amides is 1. The number of likely N-dealkylation sites (N-methyl/N-ethyl adjacent to an activating group) is 1. The number of aliphatic carboxylic acids is 1. The molecule has 1 aromatic rings. The van der Waals surface area contributed by atoms with E-state index in [0.29, 0.717) is 12.3 Å². The van der Waals surface area contributed by atoms with E-state index in [1.54, 1.807) is 30.3 Å². The molecule has 1 aromatic heterocycles. The molecule has 0 fully saturated rings. The highest BCUT2D eigenvalue weighted by Gasteiger charge is 2.13. The minimum Gasteiger partial charge on any atom is -0.481 e. The van der Waals surface area contributed by atoms with Gasteiger partial charge in [0.15, 0.2) is 0 Å². The van der Waals surface area contributed by atoms with Crippen molar-refractivity contribution in [3.8, 4) is 0 Å². The minimum atomic E-state index is -0.869. The second-order valence-corrected chi connectivity index (χ2v) is 4.19. The van der Waals surface area contributed by atoms with E-state index in [1.807, 2.05) is 6.92 Å². The second-order valence-electron chi connectivity index (χ2n) is 4.19. The Morgan fingerprint density at radius 1 is 1.56 bits per heavy atom. The fourth-order valence-corrected chi connectivity index (χ4v) is 1.51. The number of carbonyl (C=O) groups is 2. The average molecular weight is 254 g/mol. The van der Waals surface area contributed by atoms with E-state index >= 15 is 0 Å². The molecular weight excluding hydrogens is 236 g/mol. The van der Waals surface area contributed by atoms with Crippen LogP contribution in [0.3, 0.4) is 0 Å². The van der Waals surface area contributed by atoms with Gasteiger partial charge < -0.3 is 14.8 Å². The third-order valence-corrected chi connectivity index (χ3v) is 2.47. The van der Waals surface area contributed by atoms with Crippen LogP contribution in [0.5, 0.6) is 0 Å². The van der Waals surface area contributed by atoms with Crippen LogP contribution in [0.2, 0.25) is 0 Å². The number of furan rings is 1. The summed E-state index contributed by atoms with van der Waals surface area (Å²) in [4.78, 5) is 23.7. The molecule has 0 saturated heterocycles. The first-order chi connectivity index (χ1) is 8.49. The SMILES string of the molecule is CC(NC(=O)CN(C)CCC(=O)O)c1ccco1. The predicted octanol–water partition coefficient (Wildman–Crippen LogP) is 0.863. The van der Waals surface area contributed by atoms with Crippen molar-refractivity contribution in [2.24, 2.45) is 0 Å². The Balaban J connectivity index is 2.30. The van der Waals surface area contributed by atoms with E-state index in [-0.39, 0.29) is 24.9 Å². The van der Waals surface area contributed by atoms with Crippen LogP contribution in [0.25, 0.3) is 0 Å². The number of carboxylic acid groups (broad SMARTS) is 1. The zero-order chi connectivity index (χ0) is 13.5. The van der Waals surface area contributed by atoms with Gasteiger partial charge in [-0.1, -0.05) is 0 Å². The molecule has 2 N–H and O–H groups in total. The summed E-state index contributed by atoms with van der Waals surface area (Å²) in [5, 5.41) is 11.3. The Morgan fingerprint density at radius 3 is 2.83 bits per heavy atom. The van der Waals surface area contributed by atoms with Crippen molar-refractivity contribution in [1.82, 2.24) is 10.2 Å². The first-order valence-corrected chi connectivity index (χ1v) is 5.72. The van der Waals surface area contributed by atoms with Gasteiger partial charge >= 0.3 is 5.97 Å². The van der Waals surface area contributed by atoms with Crippen molar-refractivity contribution in [2.75, 3.05) is 20.1 Å². The number of hydrogen-bond donors (Lipinski definition) is 2. The van der Waals surface area contributed by atoms with Crippen molar-refractivity contribution in [1.29, 1.82) is 0 Å². The molecule has 100 valence electrons. The molecule has 1 amide bonds. The molecule has 0 aliphatic carbocycles. The summed E-state index contributed by atoms with van der Waals surface area (Å²) in [5.41, 5.74) is 0. The topological polar surface area (TPSA) is 82.8 Å². The fourth-order valence-electron chi connectivity index (χ4n) is 1.51. The van der Waals surface area contributed by atoms with Gasteiger partial charge in [0.1, 0.15) is 5.76 Å². The summed E-state index contributed by atoms with van der Waals surface area (Å²) < 4.78 is 5.17. The fraction of sp³-hybridized carbons (Fsp3) is 0.500. The molecule has 18 heavy (non-hydrogen) atoms. The largest absolute Gasteiger partial charge is 0.481 e. The number of nitrogens with one attached hydrogen (secondary N) is 1. The van der Waals surface area contributed by atoms with E-state index in [4.69, 9.17) is 9.52 Å². The van der Waals surface area contributed by atoms with Gasteiger partial charge in [0.2, 0.25) is 5.91 Å². The van der Waals surface area contributed by atoms with Gasteiger partial charge in [0.05, 0.1) is 25.3 Å². The van der Waals surface area contributed by atoms with Crippen LogP contribution in [0.4, 0.5) is 0 Å². The standard InChI is InChI=1S/C12H18N2O4/c1-9(10-4-3-7-18-10)13-11(15)8-14(2)6-5-12(16)17/h3-4,7,9H,5-6,8H2,1-2H3,(H,13,15)(H,16,17). The smallest absolute Gasteiger partial charge is 0.304 e. The predicted molar refractivity (Wildman–Crippen MR) is 65.0 cm³/mol. The lowest BCUT2D eigenvalue weighted by Gasteiger charge is -2.17. The van der Waals surface area contributed by atoms with Crippen molar-refractivity contribution in [3.05, 3.63) is 24.2 Å². The van der Waals surface area contributed by atoms with E-state index in [0.717, 1.165) is 0 Å². The van der Waals surface area contributed by atoms with E-state index in [9.17, 15) is 9.59 Å². The summed E-state index contributed by atoms with van der Waals surface area (Å²) in [6.45, 7) is 2.34. The van der Waals surface area contributed by atoms with Crippen LogP contribution in [-0.2, 0) is 9.59 Å². The summed E-state index contributed by atoms with van der Waals surface area (Å²) in [5.74, 6) is -0.338. The van der Waals surface area contributed by atoms with Crippen LogP contribution >= 0.6 is 0 Å². The van der Waals surface area contributed by atoms with E-state index in [1.165, 1.54) is 0 Å². The Hall–Kier alpha value is -1.82. The van der Waals surface area contributed by atoms with Gasteiger partial charge in [-0.25, -0.2) is 0 Å². The van der Waals surface area contributed by atoms with Crippen LogP contribution in [0.15, 0.2) is 22.8 Å². The van der Waals surface area contributed by atoms with Gasteiger partial charge in [0.25, 0.3) is 0 Å².